The molecule has 0 aliphatic rings. The highest BCUT2D eigenvalue weighted by molar-refractivity contribution is 5.98. The van der Waals surface area contributed by atoms with Gasteiger partial charge in [-0.1, -0.05) is 17.7 Å². The van der Waals surface area contributed by atoms with E-state index in [2.05, 4.69) is 5.32 Å². The summed E-state index contributed by atoms with van der Waals surface area (Å²) in [6.45, 7) is 3.35. The maximum absolute atomic E-state index is 12.1. The van der Waals surface area contributed by atoms with Crippen molar-refractivity contribution in [3.8, 4) is 0 Å². The molecule has 2 aromatic rings. The molecule has 6 heteroatoms. The lowest BCUT2D eigenvalue weighted by atomic mass is 10.1. The van der Waals surface area contributed by atoms with Gasteiger partial charge in [0.15, 0.2) is 6.10 Å². The smallest absolute Gasteiger partial charge is 0.338 e. The Bertz CT molecular complexity index is 769. The highest BCUT2D eigenvalue weighted by Gasteiger charge is 2.19. The van der Waals surface area contributed by atoms with Gasteiger partial charge in [-0.25, -0.2) is 4.79 Å². The van der Waals surface area contributed by atoms with E-state index < -0.39 is 23.9 Å². The van der Waals surface area contributed by atoms with E-state index in [1.54, 1.807) is 30.3 Å². The molecule has 0 saturated carbocycles. The van der Waals surface area contributed by atoms with Gasteiger partial charge in [0.05, 0.1) is 5.56 Å². The predicted molar refractivity (Wildman–Crippen MR) is 89.6 cm³/mol. The number of amides is 2. The van der Waals surface area contributed by atoms with Gasteiger partial charge in [-0.05, 0) is 50.2 Å². The van der Waals surface area contributed by atoms with Crippen molar-refractivity contribution < 1.29 is 19.1 Å². The van der Waals surface area contributed by atoms with Crippen LogP contribution in [0.15, 0.2) is 48.5 Å². The fourth-order valence-corrected chi connectivity index (χ4v) is 2.02. The molecule has 0 aromatic heterocycles. The molecular weight excluding hydrogens is 308 g/mol. The second-order valence-corrected chi connectivity index (χ2v) is 5.35. The van der Waals surface area contributed by atoms with Crippen LogP contribution in [0.2, 0.25) is 0 Å². The van der Waals surface area contributed by atoms with E-state index in [1.807, 2.05) is 13.0 Å². The normalized spacial score (nSPS) is 11.4. The first-order chi connectivity index (χ1) is 11.4. The lowest BCUT2D eigenvalue weighted by Crippen LogP contribution is -2.30. The molecule has 0 heterocycles. The molecule has 6 nitrogen and oxygen atoms in total. The van der Waals surface area contributed by atoms with Crippen LogP contribution in [0.1, 0.15) is 33.2 Å². The molecule has 0 spiro atoms. The number of nitrogens with one attached hydrogen (secondary N) is 1. The number of carbonyl (C=O) groups excluding carboxylic acids is 3. The molecule has 124 valence electrons. The zero-order chi connectivity index (χ0) is 17.7. The number of esters is 1. The highest BCUT2D eigenvalue weighted by atomic mass is 16.5. The molecule has 24 heavy (non-hydrogen) atoms. The topological polar surface area (TPSA) is 98.5 Å². The number of hydrogen-bond donors (Lipinski definition) is 2. The van der Waals surface area contributed by atoms with Crippen LogP contribution in [-0.2, 0) is 9.53 Å². The summed E-state index contributed by atoms with van der Waals surface area (Å²) >= 11 is 0. The molecule has 0 aliphatic carbocycles. The Labute approximate surface area is 139 Å². The van der Waals surface area contributed by atoms with E-state index in [9.17, 15) is 14.4 Å². The van der Waals surface area contributed by atoms with Crippen molar-refractivity contribution in [2.24, 2.45) is 5.73 Å². The Morgan fingerprint density at radius 2 is 1.71 bits per heavy atom. The number of anilines is 1. The van der Waals surface area contributed by atoms with Crippen LogP contribution in [0.25, 0.3) is 0 Å². The molecule has 3 N–H and O–H groups in total. The SMILES string of the molecule is Cc1cccc(C(=O)O[C@@H](C)C(=O)Nc2ccc(C(N)=O)cc2)c1. The Morgan fingerprint density at radius 3 is 2.29 bits per heavy atom. The van der Waals surface area contributed by atoms with Crippen molar-refractivity contribution in [1.82, 2.24) is 0 Å². The number of rotatable bonds is 5. The third-order valence-corrected chi connectivity index (χ3v) is 3.34. The standard InChI is InChI=1S/C18H18N2O4/c1-11-4-3-5-14(10-11)18(23)24-12(2)17(22)20-15-8-6-13(7-9-15)16(19)21/h3-10,12H,1-2H3,(H2,19,21)(H,20,22)/t12-/m0/s1. The monoisotopic (exact) mass is 326 g/mol. The molecule has 2 aromatic carbocycles. The van der Waals surface area contributed by atoms with Gasteiger partial charge in [-0.2, -0.15) is 0 Å². The van der Waals surface area contributed by atoms with Gasteiger partial charge in [0.1, 0.15) is 0 Å². The van der Waals surface area contributed by atoms with E-state index in [0.29, 0.717) is 16.8 Å². The van der Waals surface area contributed by atoms with Crippen molar-refractivity contribution in [2.75, 3.05) is 5.32 Å². The van der Waals surface area contributed by atoms with Crippen molar-refractivity contribution in [1.29, 1.82) is 0 Å². The van der Waals surface area contributed by atoms with Crippen molar-refractivity contribution in [3.63, 3.8) is 0 Å². The maximum Gasteiger partial charge on any atom is 0.338 e. The molecule has 0 unspecified atom stereocenters. The fourth-order valence-electron chi connectivity index (χ4n) is 2.02. The zero-order valence-electron chi connectivity index (χ0n) is 13.4. The molecule has 0 radical (unpaired) electrons. The first kappa shape index (κ1) is 17.2. The molecule has 0 saturated heterocycles. The molecule has 1 atom stereocenters. The van der Waals surface area contributed by atoms with Crippen LogP contribution in [0, 0.1) is 6.92 Å². The molecular formula is C18H18N2O4. The van der Waals surface area contributed by atoms with Gasteiger partial charge in [0, 0.05) is 11.3 Å². The zero-order valence-corrected chi connectivity index (χ0v) is 13.4. The number of carbonyl (C=O) groups is 3. The first-order valence-electron chi connectivity index (χ1n) is 7.35. The van der Waals surface area contributed by atoms with Crippen LogP contribution in [0.3, 0.4) is 0 Å². The minimum absolute atomic E-state index is 0.340. The van der Waals surface area contributed by atoms with Crippen LogP contribution in [-0.4, -0.2) is 23.9 Å². The minimum atomic E-state index is -0.964. The maximum atomic E-state index is 12.1. The molecule has 2 amide bonds. The van der Waals surface area contributed by atoms with E-state index >= 15 is 0 Å². The second kappa shape index (κ2) is 7.41. The second-order valence-electron chi connectivity index (χ2n) is 5.35. The summed E-state index contributed by atoms with van der Waals surface area (Å²) in [5.74, 6) is -1.58. The van der Waals surface area contributed by atoms with Gasteiger partial charge in [0.25, 0.3) is 5.91 Å². The minimum Gasteiger partial charge on any atom is -0.449 e. The van der Waals surface area contributed by atoms with Crippen molar-refractivity contribution >= 4 is 23.5 Å². The molecule has 0 aliphatic heterocycles. The van der Waals surface area contributed by atoms with Gasteiger partial charge < -0.3 is 15.8 Å². The Hall–Kier alpha value is -3.15. The van der Waals surface area contributed by atoms with Crippen molar-refractivity contribution in [3.05, 3.63) is 65.2 Å². The van der Waals surface area contributed by atoms with E-state index in [1.165, 1.54) is 19.1 Å². The van der Waals surface area contributed by atoms with Crippen molar-refractivity contribution in [2.45, 2.75) is 20.0 Å². The summed E-state index contributed by atoms with van der Waals surface area (Å²) in [5.41, 5.74) is 7.28. The van der Waals surface area contributed by atoms with Gasteiger partial charge in [-0.3, -0.25) is 9.59 Å². The Morgan fingerprint density at radius 1 is 1.04 bits per heavy atom. The number of benzene rings is 2. The largest absolute Gasteiger partial charge is 0.449 e. The van der Waals surface area contributed by atoms with E-state index in [0.717, 1.165) is 5.56 Å². The summed E-state index contributed by atoms with van der Waals surface area (Å²) in [7, 11) is 0. The molecule has 2 rings (SSSR count). The van der Waals surface area contributed by atoms with Gasteiger partial charge >= 0.3 is 5.97 Å². The number of ether oxygens (including phenoxy) is 1. The highest BCUT2D eigenvalue weighted by Crippen LogP contribution is 2.11. The van der Waals surface area contributed by atoms with Crippen LogP contribution in [0.5, 0.6) is 0 Å². The van der Waals surface area contributed by atoms with Gasteiger partial charge in [0.2, 0.25) is 5.91 Å². The number of nitrogens with two attached hydrogens (primary N) is 1. The summed E-state index contributed by atoms with van der Waals surface area (Å²) < 4.78 is 5.16. The third-order valence-electron chi connectivity index (χ3n) is 3.34. The lowest BCUT2D eigenvalue weighted by molar-refractivity contribution is -0.123. The summed E-state index contributed by atoms with van der Waals surface area (Å²) in [5, 5.41) is 2.61. The Balaban J connectivity index is 1.96. The number of primary amides is 1. The average Bonchev–Trinajstić information content (AvgIpc) is 2.55. The fraction of sp³-hybridized carbons (Fsp3) is 0.167. The first-order valence-corrected chi connectivity index (χ1v) is 7.35. The third kappa shape index (κ3) is 4.42. The molecule has 0 bridgehead atoms. The summed E-state index contributed by atoms with van der Waals surface area (Å²) in [6, 6.07) is 13.0. The predicted octanol–water partition coefficient (Wildman–Crippen LogP) is 2.28. The van der Waals surface area contributed by atoms with E-state index in [-0.39, 0.29) is 0 Å². The Kier molecular flexibility index (Phi) is 5.31. The van der Waals surface area contributed by atoms with Crippen LogP contribution >= 0.6 is 0 Å². The summed E-state index contributed by atoms with van der Waals surface area (Å²) in [4.78, 5) is 35.1. The average molecular weight is 326 g/mol. The lowest BCUT2D eigenvalue weighted by Gasteiger charge is -2.14. The quantitative estimate of drug-likeness (QED) is 0.823. The molecule has 0 fully saturated rings. The van der Waals surface area contributed by atoms with Crippen LogP contribution in [0.4, 0.5) is 5.69 Å². The van der Waals surface area contributed by atoms with Crippen LogP contribution < -0.4 is 11.1 Å². The summed E-state index contributed by atoms with van der Waals surface area (Å²) in [6.07, 6.45) is -0.964. The van der Waals surface area contributed by atoms with Gasteiger partial charge in [-0.15, -0.1) is 0 Å². The number of hydrogen-bond acceptors (Lipinski definition) is 4. The number of aryl methyl sites for hydroxylation is 1. The van der Waals surface area contributed by atoms with E-state index in [4.69, 9.17) is 10.5 Å².